The van der Waals surface area contributed by atoms with Gasteiger partial charge in [0.25, 0.3) is 0 Å². The van der Waals surface area contributed by atoms with Crippen LogP contribution in [0.15, 0.2) is 18.2 Å². The van der Waals surface area contributed by atoms with E-state index < -0.39 is 0 Å². The largest absolute Gasteiger partial charge is 0.330 e. The molecule has 0 aliphatic rings. The van der Waals surface area contributed by atoms with Crippen molar-refractivity contribution >= 4 is 22.2 Å². The summed E-state index contributed by atoms with van der Waals surface area (Å²) in [5.41, 5.74) is 3.69. The second-order valence-corrected chi connectivity index (χ2v) is 5.31. The molecule has 0 aliphatic heterocycles. The van der Waals surface area contributed by atoms with E-state index in [1.807, 2.05) is 25.1 Å². The van der Waals surface area contributed by atoms with E-state index in [4.69, 9.17) is 5.26 Å². The van der Waals surface area contributed by atoms with Crippen molar-refractivity contribution in [3.8, 4) is 6.07 Å². The molecule has 1 aromatic carbocycles. The molecule has 0 radical (unpaired) electrons. The third-order valence-electron chi connectivity index (χ3n) is 2.85. The Labute approximate surface area is 111 Å². The van der Waals surface area contributed by atoms with Gasteiger partial charge in [0, 0.05) is 4.88 Å². The molecule has 92 valence electrons. The van der Waals surface area contributed by atoms with Crippen molar-refractivity contribution < 1.29 is 0 Å². The smallest absolute Gasteiger partial charge is 0.187 e. The highest BCUT2D eigenvalue weighted by atomic mass is 32.1. The Bertz CT molecular complexity index is 608. The molecule has 1 N–H and O–H groups in total. The standard InChI is InChI=1S/C14H15N3S/c1-4-12-10(3)18-14(16-12)17-13-9(2)6-5-7-11(13)8-15/h5-7H,4H2,1-3H3,(H,16,17). The zero-order chi connectivity index (χ0) is 13.1. The van der Waals surface area contributed by atoms with Gasteiger partial charge in [-0.2, -0.15) is 5.26 Å². The minimum Gasteiger partial charge on any atom is -0.330 e. The van der Waals surface area contributed by atoms with Gasteiger partial charge in [0.1, 0.15) is 6.07 Å². The normalized spacial score (nSPS) is 10.1. The lowest BCUT2D eigenvalue weighted by molar-refractivity contribution is 1.05. The molecule has 1 aromatic heterocycles. The number of hydrogen-bond acceptors (Lipinski definition) is 4. The van der Waals surface area contributed by atoms with E-state index in [2.05, 4.69) is 30.2 Å². The molecule has 18 heavy (non-hydrogen) atoms. The third-order valence-corrected chi connectivity index (χ3v) is 3.78. The van der Waals surface area contributed by atoms with Crippen LogP contribution >= 0.6 is 11.3 Å². The van der Waals surface area contributed by atoms with E-state index >= 15 is 0 Å². The van der Waals surface area contributed by atoms with Gasteiger partial charge in [-0.25, -0.2) is 4.98 Å². The second-order valence-electron chi connectivity index (χ2n) is 4.11. The average Bonchev–Trinajstić information content (AvgIpc) is 2.72. The van der Waals surface area contributed by atoms with Gasteiger partial charge in [-0.1, -0.05) is 19.1 Å². The van der Waals surface area contributed by atoms with E-state index in [0.29, 0.717) is 5.56 Å². The quantitative estimate of drug-likeness (QED) is 0.906. The second kappa shape index (κ2) is 5.19. The number of benzene rings is 1. The molecule has 0 aliphatic carbocycles. The highest BCUT2D eigenvalue weighted by Crippen LogP contribution is 2.29. The molecule has 2 rings (SSSR count). The van der Waals surface area contributed by atoms with Gasteiger partial charge in [-0.05, 0) is 31.9 Å². The van der Waals surface area contributed by atoms with E-state index in [1.165, 1.54) is 4.88 Å². The topological polar surface area (TPSA) is 48.7 Å². The molecule has 0 bridgehead atoms. The maximum atomic E-state index is 9.12. The fourth-order valence-corrected chi connectivity index (χ4v) is 2.75. The third kappa shape index (κ3) is 2.36. The van der Waals surface area contributed by atoms with Gasteiger partial charge < -0.3 is 5.32 Å². The number of nitrogens with zero attached hydrogens (tertiary/aromatic N) is 2. The maximum absolute atomic E-state index is 9.12. The predicted molar refractivity (Wildman–Crippen MR) is 75.4 cm³/mol. The van der Waals surface area contributed by atoms with Crippen molar-refractivity contribution in [2.24, 2.45) is 0 Å². The van der Waals surface area contributed by atoms with Gasteiger partial charge in [0.05, 0.1) is 16.9 Å². The molecule has 0 spiro atoms. The number of hydrogen-bond donors (Lipinski definition) is 1. The molecule has 4 heteroatoms. The summed E-state index contributed by atoms with van der Waals surface area (Å²) in [5.74, 6) is 0. The lowest BCUT2D eigenvalue weighted by Crippen LogP contribution is -1.96. The number of aryl methyl sites for hydroxylation is 3. The SMILES string of the molecule is CCc1nc(Nc2c(C)cccc2C#N)sc1C. The Morgan fingerprint density at radius 1 is 1.39 bits per heavy atom. The van der Waals surface area contributed by atoms with Crippen molar-refractivity contribution in [1.82, 2.24) is 4.98 Å². The number of anilines is 2. The van der Waals surface area contributed by atoms with Gasteiger partial charge in [-0.15, -0.1) is 11.3 Å². The van der Waals surface area contributed by atoms with Crippen molar-refractivity contribution in [3.63, 3.8) is 0 Å². The van der Waals surface area contributed by atoms with Crippen LogP contribution in [0.3, 0.4) is 0 Å². The summed E-state index contributed by atoms with van der Waals surface area (Å²) in [6.45, 7) is 6.16. The monoisotopic (exact) mass is 257 g/mol. The maximum Gasteiger partial charge on any atom is 0.187 e. The summed E-state index contributed by atoms with van der Waals surface area (Å²) < 4.78 is 0. The Morgan fingerprint density at radius 3 is 2.78 bits per heavy atom. The fourth-order valence-electron chi connectivity index (χ4n) is 1.84. The zero-order valence-electron chi connectivity index (χ0n) is 10.7. The minimum atomic E-state index is 0.654. The first kappa shape index (κ1) is 12.6. The molecule has 0 atom stereocenters. The number of nitrogens with one attached hydrogen (secondary N) is 1. The van der Waals surface area contributed by atoms with Crippen LogP contribution in [0.2, 0.25) is 0 Å². The lowest BCUT2D eigenvalue weighted by atomic mass is 10.1. The van der Waals surface area contributed by atoms with Crippen LogP contribution < -0.4 is 5.32 Å². The lowest BCUT2D eigenvalue weighted by Gasteiger charge is -2.08. The summed E-state index contributed by atoms with van der Waals surface area (Å²) in [5, 5.41) is 13.2. The summed E-state index contributed by atoms with van der Waals surface area (Å²) in [6, 6.07) is 7.91. The van der Waals surface area contributed by atoms with Crippen molar-refractivity contribution in [1.29, 1.82) is 5.26 Å². The first-order chi connectivity index (χ1) is 8.65. The number of para-hydroxylation sites is 1. The minimum absolute atomic E-state index is 0.654. The first-order valence-corrected chi connectivity index (χ1v) is 6.70. The molecule has 3 nitrogen and oxygen atoms in total. The Balaban J connectivity index is 2.37. The Kier molecular flexibility index (Phi) is 3.63. The summed E-state index contributed by atoms with van der Waals surface area (Å²) in [6.07, 6.45) is 0.933. The van der Waals surface area contributed by atoms with Gasteiger partial charge >= 0.3 is 0 Å². The van der Waals surface area contributed by atoms with E-state index in [9.17, 15) is 0 Å². The van der Waals surface area contributed by atoms with Crippen LogP contribution in [-0.4, -0.2) is 4.98 Å². The number of aromatic nitrogens is 1. The van der Waals surface area contributed by atoms with Crippen molar-refractivity contribution in [2.75, 3.05) is 5.32 Å². The molecular weight excluding hydrogens is 242 g/mol. The number of nitriles is 1. The van der Waals surface area contributed by atoms with Crippen LogP contribution in [0.5, 0.6) is 0 Å². The molecular formula is C14H15N3S. The van der Waals surface area contributed by atoms with Crippen LogP contribution in [-0.2, 0) is 6.42 Å². The van der Waals surface area contributed by atoms with E-state index in [-0.39, 0.29) is 0 Å². The van der Waals surface area contributed by atoms with Crippen LogP contribution in [0.1, 0.15) is 28.6 Å². The zero-order valence-corrected chi connectivity index (χ0v) is 11.6. The van der Waals surface area contributed by atoms with Crippen LogP contribution in [0.25, 0.3) is 0 Å². The molecule has 2 aromatic rings. The molecule has 0 unspecified atom stereocenters. The predicted octanol–water partition coefficient (Wildman–Crippen LogP) is 3.94. The van der Waals surface area contributed by atoms with Crippen LogP contribution in [0, 0.1) is 25.2 Å². The first-order valence-electron chi connectivity index (χ1n) is 5.88. The average molecular weight is 257 g/mol. The van der Waals surface area contributed by atoms with Gasteiger partial charge in [-0.3, -0.25) is 0 Å². The Hall–Kier alpha value is -1.86. The molecule has 0 saturated heterocycles. The van der Waals surface area contributed by atoms with Gasteiger partial charge in [0.15, 0.2) is 5.13 Å². The summed E-state index contributed by atoms with van der Waals surface area (Å²) in [4.78, 5) is 5.77. The summed E-state index contributed by atoms with van der Waals surface area (Å²) >= 11 is 1.63. The Morgan fingerprint density at radius 2 is 2.17 bits per heavy atom. The van der Waals surface area contributed by atoms with Crippen LogP contribution in [0.4, 0.5) is 10.8 Å². The fraction of sp³-hybridized carbons (Fsp3) is 0.286. The molecule has 0 amide bonds. The number of thiazole rings is 1. The van der Waals surface area contributed by atoms with E-state index in [0.717, 1.165) is 28.5 Å². The van der Waals surface area contributed by atoms with E-state index in [1.54, 1.807) is 11.3 Å². The summed E-state index contributed by atoms with van der Waals surface area (Å²) in [7, 11) is 0. The molecule has 0 fully saturated rings. The molecule has 0 saturated carbocycles. The highest BCUT2D eigenvalue weighted by Gasteiger charge is 2.10. The molecule has 1 heterocycles. The van der Waals surface area contributed by atoms with Crippen molar-refractivity contribution in [3.05, 3.63) is 39.9 Å². The van der Waals surface area contributed by atoms with Crippen molar-refractivity contribution in [2.45, 2.75) is 27.2 Å². The van der Waals surface area contributed by atoms with Gasteiger partial charge in [0.2, 0.25) is 0 Å². The number of rotatable bonds is 3. The highest BCUT2D eigenvalue weighted by molar-refractivity contribution is 7.15.